The van der Waals surface area contributed by atoms with E-state index in [2.05, 4.69) is 10.3 Å². The van der Waals surface area contributed by atoms with Crippen LogP contribution in [-0.2, 0) is 11.8 Å². The first-order valence-electron chi connectivity index (χ1n) is 9.88. The van der Waals surface area contributed by atoms with Crippen molar-refractivity contribution >= 4 is 11.6 Å². The average molecular weight is 462 g/mol. The summed E-state index contributed by atoms with van der Waals surface area (Å²) in [6, 6.07) is 7.59. The Bertz CT molecular complexity index is 1300. The number of alkyl halides is 3. The molecule has 3 aromatic rings. The second-order valence-electron chi connectivity index (χ2n) is 7.83. The van der Waals surface area contributed by atoms with Crippen LogP contribution >= 0.6 is 0 Å². The van der Waals surface area contributed by atoms with Crippen LogP contribution in [0, 0.1) is 12.7 Å². The number of carbonyl (C=O) groups is 1. The molecular formula is C23H18F4N2O4. The normalized spacial score (nSPS) is 14.6. The lowest BCUT2D eigenvalue weighted by molar-refractivity contribution is -0.139. The fourth-order valence-electron chi connectivity index (χ4n) is 3.42. The van der Waals surface area contributed by atoms with E-state index in [0.717, 1.165) is 18.2 Å². The van der Waals surface area contributed by atoms with E-state index in [1.807, 2.05) is 0 Å². The van der Waals surface area contributed by atoms with E-state index in [-0.39, 0.29) is 30.0 Å². The molecule has 172 valence electrons. The molecule has 2 aromatic carbocycles. The number of carbonyl (C=O) groups excluding carboxylic acids is 1. The monoisotopic (exact) mass is 462 g/mol. The summed E-state index contributed by atoms with van der Waals surface area (Å²) in [6.07, 6.45) is -3.33. The molecule has 10 heteroatoms. The molecule has 1 aliphatic rings. The van der Waals surface area contributed by atoms with Gasteiger partial charge >= 0.3 is 6.18 Å². The molecule has 33 heavy (non-hydrogen) atoms. The number of nitrogens with one attached hydrogen (secondary N) is 2. The summed E-state index contributed by atoms with van der Waals surface area (Å²) in [4.78, 5) is 26.8. The third-order valence-electron chi connectivity index (χ3n) is 5.28. The Labute approximate surface area is 184 Å². The van der Waals surface area contributed by atoms with Crippen LogP contribution in [0.5, 0.6) is 11.5 Å². The highest BCUT2D eigenvalue weighted by atomic mass is 19.4. The van der Waals surface area contributed by atoms with Gasteiger partial charge in [-0.05, 0) is 67.3 Å². The second kappa shape index (κ2) is 8.04. The van der Waals surface area contributed by atoms with Gasteiger partial charge in [0.25, 0.3) is 5.91 Å². The summed E-state index contributed by atoms with van der Waals surface area (Å²) in [7, 11) is 0. The van der Waals surface area contributed by atoms with Crippen LogP contribution in [0.4, 0.5) is 23.2 Å². The third-order valence-corrected chi connectivity index (χ3v) is 5.28. The Morgan fingerprint density at radius 3 is 2.45 bits per heavy atom. The highest BCUT2D eigenvalue weighted by Crippen LogP contribution is 2.51. The molecular weight excluding hydrogens is 444 g/mol. The van der Waals surface area contributed by atoms with E-state index in [4.69, 9.17) is 4.74 Å². The van der Waals surface area contributed by atoms with Crippen molar-refractivity contribution in [1.82, 2.24) is 4.98 Å². The summed E-state index contributed by atoms with van der Waals surface area (Å²) in [6.45, 7) is 1.54. The van der Waals surface area contributed by atoms with Gasteiger partial charge in [-0.2, -0.15) is 13.2 Å². The summed E-state index contributed by atoms with van der Waals surface area (Å²) >= 11 is 0. The first-order valence-corrected chi connectivity index (χ1v) is 9.88. The Hall–Kier alpha value is -3.66. The summed E-state index contributed by atoms with van der Waals surface area (Å²) in [5.74, 6) is -1.63. The van der Waals surface area contributed by atoms with Crippen molar-refractivity contribution in [2.75, 3.05) is 5.32 Å². The number of amides is 1. The Balaban J connectivity index is 1.84. The van der Waals surface area contributed by atoms with E-state index in [9.17, 15) is 32.3 Å². The molecule has 4 rings (SSSR count). The highest BCUT2D eigenvalue weighted by Gasteiger charge is 2.49. The van der Waals surface area contributed by atoms with Crippen molar-refractivity contribution in [1.29, 1.82) is 0 Å². The number of aliphatic hydroxyl groups is 1. The zero-order valence-corrected chi connectivity index (χ0v) is 17.2. The van der Waals surface area contributed by atoms with Gasteiger partial charge in [0.15, 0.2) is 0 Å². The number of aromatic nitrogens is 1. The smallest absolute Gasteiger partial charge is 0.416 e. The molecule has 0 unspecified atom stereocenters. The van der Waals surface area contributed by atoms with Gasteiger partial charge < -0.3 is 20.1 Å². The Morgan fingerprint density at radius 1 is 1.12 bits per heavy atom. The van der Waals surface area contributed by atoms with E-state index >= 15 is 0 Å². The molecule has 6 nitrogen and oxygen atoms in total. The molecule has 0 aliphatic heterocycles. The summed E-state index contributed by atoms with van der Waals surface area (Å²) in [5, 5.41) is 12.8. The van der Waals surface area contributed by atoms with Gasteiger partial charge in [0, 0.05) is 18.0 Å². The van der Waals surface area contributed by atoms with Crippen molar-refractivity contribution in [3.8, 4) is 11.5 Å². The van der Waals surface area contributed by atoms with Gasteiger partial charge in [-0.15, -0.1) is 0 Å². The van der Waals surface area contributed by atoms with Crippen LogP contribution in [0.15, 0.2) is 53.5 Å². The van der Waals surface area contributed by atoms with Crippen LogP contribution in [0.25, 0.3) is 0 Å². The number of aryl methyl sites for hydroxylation is 1. The van der Waals surface area contributed by atoms with E-state index in [0.29, 0.717) is 11.6 Å². The molecule has 1 fully saturated rings. The minimum atomic E-state index is -4.85. The number of ether oxygens (including phenoxy) is 1. The molecule has 1 saturated carbocycles. The molecule has 0 spiro atoms. The number of rotatable bonds is 5. The number of halogens is 4. The first-order chi connectivity index (χ1) is 15.5. The predicted molar refractivity (Wildman–Crippen MR) is 111 cm³/mol. The Kier molecular flexibility index (Phi) is 5.49. The Morgan fingerprint density at radius 2 is 1.85 bits per heavy atom. The van der Waals surface area contributed by atoms with Gasteiger partial charge in [-0.3, -0.25) is 9.59 Å². The molecule has 0 atom stereocenters. The molecule has 1 amide bonds. The maximum atomic E-state index is 13.8. The molecule has 1 heterocycles. The lowest BCUT2D eigenvalue weighted by Gasteiger charge is -2.21. The fraction of sp³-hybridized carbons (Fsp3) is 0.217. The second-order valence-corrected chi connectivity index (χ2v) is 7.83. The van der Waals surface area contributed by atoms with Gasteiger partial charge in [0.1, 0.15) is 17.3 Å². The van der Waals surface area contributed by atoms with E-state index < -0.39 is 45.8 Å². The number of benzene rings is 2. The van der Waals surface area contributed by atoms with Crippen molar-refractivity contribution in [3.63, 3.8) is 0 Å². The van der Waals surface area contributed by atoms with Crippen LogP contribution in [0.3, 0.4) is 0 Å². The molecule has 0 bridgehead atoms. The van der Waals surface area contributed by atoms with E-state index in [1.165, 1.54) is 31.3 Å². The zero-order valence-electron chi connectivity index (χ0n) is 17.2. The van der Waals surface area contributed by atoms with Gasteiger partial charge in [0.05, 0.1) is 16.7 Å². The SMILES string of the molecule is Cc1cc(F)ccc1Oc1cc(C2(O)CC2)c(C(F)(F)F)cc1C(=O)Nc1cc[nH]c(=O)c1. The largest absolute Gasteiger partial charge is 0.456 e. The molecule has 0 saturated heterocycles. The average Bonchev–Trinajstić information content (AvgIpc) is 3.47. The summed E-state index contributed by atoms with van der Waals surface area (Å²) < 4.78 is 60.7. The molecule has 0 radical (unpaired) electrons. The number of H-pyrrole nitrogens is 1. The first kappa shape index (κ1) is 22.5. The quantitative estimate of drug-likeness (QED) is 0.472. The topological polar surface area (TPSA) is 91.4 Å². The zero-order chi connectivity index (χ0) is 24.0. The maximum Gasteiger partial charge on any atom is 0.416 e. The minimum Gasteiger partial charge on any atom is -0.456 e. The lowest BCUT2D eigenvalue weighted by atomic mass is 9.96. The number of pyridine rings is 1. The lowest BCUT2D eigenvalue weighted by Crippen LogP contribution is -2.20. The molecule has 1 aromatic heterocycles. The van der Waals surface area contributed by atoms with E-state index in [1.54, 1.807) is 0 Å². The van der Waals surface area contributed by atoms with Gasteiger partial charge in [-0.25, -0.2) is 4.39 Å². The number of anilines is 1. The minimum absolute atomic E-state index is 0.0612. The van der Waals surface area contributed by atoms with Gasteiger partial charge in [-0.1, -0.05) is 0 Å². The van der Waals surface area contributed by atoms with Crippen molar-refractivity contribution in [2.24, 2.45) is 0 Å². The number of hydrogen-bond acceptors (Lipinski definition) is 4. The fourth-order valence-corrected chi connectivity index (χ4v) is 3.42. The highest BCUT2D eigenvalue weighted by molar-refractivity contribution is 6.06. The van der Waals surface area contributed by atoms with Crippen molar-refractivity contribution < 1.29 is 32.2 Å². The van der Waals surface area contributed by atoms with Crippen LogP contribution in [-0.4, -0.2) is 16.0 Å². The standard InChI is InChI=1S/C23H18F4N2O4/c1-12-8-13(24)2-3-18(12)33-19-11-16(22(32)5-6-22)17(23(25,26)27)10-15(19)21(31)29-14-4-7-28-20(30)9-14/h2-4,7-11,32H,5-6H2,1H3,(H2,28,29,30,31). The van der Waals surface area contributed by atoms with Crippen molar-refractivity contribution in [3.05, 3.63) is 87.1 Å². The number of aromatic amines is 1. The maximum absolute atomic E-state index is 13.8. The van der Waals surface area contributed by atoms with Crippen LogP contribution < -0.4 is 15.6 Å². The summed E-state index contributed by atoms with van der Waals surface area (Å²) in [5.41, 5.74) is -3.83. The predicted octanol–water partition coefficient (Wildman–Crippen LogP) is 4.87. The molecule has 3 N–H and O–H groups in total. The van der Waals surface area contributed by atoms with Crippen molar-refractivity contribution in [2.45, 2.75) is 31.5 Å². The van der Waals surface area contributed by atoms with Crippen LogP contribution in [0.1, 0.15) is 39.9 Å². The number of hydrogen-bond donors (Lipinski definition) is 3. The molecule has 1 aliphatic carbocycles. The third kappa shape index (κ3) is 4.75. The van der Waals surface area contributed by atoms with Gasteiger partial charge in [0.2, 0.25) is 5.56 Å². The van der Waals surface area contributed by atoms with Crippen LogP contribution in [0.2, 0.25) is 0 Å².